The Labute approximate surface area is 129 Å². The van der Waals surface area contributed by atoms with Crippen LogP contribution in [-0.4, -0.2) is 24.6 Å². The van der Waals surface area contributed by atoms with Crippen LogP contribution in [0.15, 0.2) is 48.5 Å². The third kappa shape index (κ3) is 3.51. The zero-order chi connectivity index (χ0) is 15.4. The monoisotopic (exact) mass is 296 g/mol. The highest BCUT2D eigenvalue weighted by atomic mass is 19.1. The van der Waals surface area contributed by atoms with E-state index in [9.17, 15) is 4.39 Å². The zero-order valence-corrected chi connectivity index (χ0v) is 12.2. The SMILES string of the molecule is N#Cc1cccc(CN2CCOC(c3ccc(F)cc3)C2)c1. The summed E-state index contributed by atoms with van der Waals surface area (Å²) < 4.78 is 18.8. The first kappa shape index (κ1) is 14.7. The van der Waals surface area contributed by atoms with Gasteiger partial charge in [-0.2, -0.15) is 5.26 Å². The van der Waals surface area contributed by atoms with Crippen molar-refractivity contribution in [2.45, 2.75) is 12.6 Å². The lowest BCUT2D eigenvalue weighted by Gasteiger charge is -2.33. The molecule has 1 aliphatic rings. The minimum absolute atomic E-state index is 0.0338. The molecule has 0 aromatic heterocycles. The van der Waals surface area contributed by atoms with Gasteiger partial charge in [-0.05, 0) is 35.4 Å². The molecule has 1 fully saturated rings. The second-order valence-electron chi connectivity index (χ2n) is 5.46. The molecule has 1 saturated heterocycles. The summed E-state index contributed by atoms with van der Waals surface area (Å²) >= 11 is 0. The van der Waals surface area contributed by atoms with Crippen LogP contribution in [0.4, 0.5) is 4.39 Å². The second kappa shape index (κ2) is 6.69. The minimum Gasteiger partial charge on any atom is -0.371 e. The van der Waals surface area contributed by atoms with Gasteiger partial charge in [-0.25, -0.2) is 4.39 Å². The van der Waals surface area contributed by atoms with E-state index in [1.54, 1.807) is 12.1 Å². The first-order valence-corrected chi connectivity index (χ1v) is 7.33. The van der Waals surface area contributed by atoms with Gasteiger partial charge in [0.2, 0.25) is 0 Å². The lowest BCUT2D eigenvalue weighted by Crippen LogP contribution is -2.37. The van der Waals surface area contributed by atoms with Gasteiger partial charge in [0.25, 0.3) is 0 Å². The Kier molecular flexibility index (Phi) is 4.47. The van der Waals surface area contributed by atoms with Gasteiger partial charge in [-0.1, -0.05) is 24.3 Å². The second-order valence-corrected chi connectivity index (χ2v) is 5.46. The van der Waals surface area contributed by atoms with Gasteiger partial charge in [0.15, 0.2) is 0 Å². The summed E-state index contributed by atoms with van der Waals surface area (Å²) in [5, 5.41) is 8.97. The molecule has 1 heterocycles. The molecule has 3 rings (SSSR count). The molecule has 112 valence electrons. The number of hydrogen-bond acceptors (Lipinski definition) is 3. The largest absolute Gasteiger partial charge is 0.371 e. The van der Waals surface area contributed by atoms with Crippen LogP contribution in [0.3, 0.4) is 0 Å². The fourth-order valence-electron chi connectivity index (χ4n) is 2.72. The van der Waals surface area contributed by atoms with Gasteiger partial charge in [0, 0.05) is 19.6 Å². The lowest BCUT2D eigenvalue weighted by molar-refractivity contribution is -0.0329. The van der Waals surface area contributed by atoms with E-state index in [1.165, 1.54) is 12.1 Å². The Morgan fingerprint density at radius 2 is 2.05 bits per heavy atom. The van der Waals surface area contributed by atoms with Crippen molar-refractivity contribution in [3.63, 3.8) is 0 Å². The Bertz CT molecular complexity index is 678. The highest BCUT2D eigenvalue weighted by Crippen LogP contribution is 2.23. The van der Waals surface area contributed by atoms with E-state index < -0.39 is 0 Å². The molecule has 0 N–H and O–H groups in total. The van der Waals surface area contributed by atoms with Crippen molar-refractivity contribution in [3.05, 3.63) is 71.0 Å². The molecule has 0 radical (unpaired) electrons. The van der Waals surface area contributed by atoms with Crippen molar-refractivity contribution in [2.75, 3.05) is 19.7 Å². The molecule has 4 heteroatoms. The number of morpholine rings is 1. The highest BCUT2D eigenvalue weighted by Gasteiger charge is 2.22. The van der Waals surface area contributed by atoms with Gasteiger partial charge in [-0.3, -0.25) is 4.90 Å². The molecule has 2 aromatic carbocycles. The maximum atomic E-state index is 13.0. The Morgan fingerprint density at radius 3 is 2.82 bits per heavy atom. The first-order chi connectivity index (χ1) is 10.7. The van der Waals surface area contributed by atoms with E-state index in [-0.39, 0.29) is 11.9 Å². The van der Waals surface area contributed by atoms with Crippen molar-refractivity contribution < 1.29 is 9.13 Å². The van der Waals surface area contributed by atoms with Crippen LogP contribution in [-0.2, 0) is 11.3 Å². The van der Waals surface area contributed by atoms with Crippen molar-refractivity contribution in [2.24, 2.45) is 0 Å². The number of hydrogen-bond donors (Lipinski definition) is 0. The van der Waals surface area contributed by atoms with Crippen LogP contribution >= 0.6 is 0 Å². The van der Waals surface area contributed by atoms with Crippen molar-refractivity contribution in [3.8, 4) is 6.07 Å². The number of nitriles is 1. The lowest BCUT2D eigenvalue weighted by atomic mass is 10.1. The van der Waals surface area contributed by atoms with Crippen molar-refractivity contribution in [1.82, 2.24) is 4.90 Å². The average molecular weight is 296 g/mol. The molecule has 1 atom stereocenters. The molecule has 0 spiro atoms. The minimum atomic E-state index is -0.232. The number of benzene rings is 2. The summed E-state index contributed by atoms with van der Waals surface area (Å²) in [6, 6.07) is 16.3. The third-order valence-electron chi connectivity index (χ3n) is 3.85. The van der Waals surface area contributed by atoms with Crippen LogP contribution in [0, 0.1) is 17.1 Å². The summed E-state index contributed by atoms with van der Waals surface area (Å²) in [4.78, 5) is 2.30. The predicted octanol–water partition coefficient (Wildman–Crippen LogP) is 3.27. The maximum absolute atomic E-state index is 13.0. The molecule has 1 aliphatic heterocycles. The van der Waals surface area contributed by atoms with Crippen molar-refractivity contribution in [1.29, 1.82) is 5.26 Å². The Balaban J connectivity index is 1.68. The molecule has 0 amide bonds. The van der Waals surface area contributed by atoms with E-state index in [2.05, 4.69) is 11.0 Å². The summed E-state index contributed by atoms with van der Waals surface area (Å²) in [7, 11) is 0. The fourth-order valence-corrected chi connectivity index (χ4v) is 2.72. The summed E-state index contributed by atoms with van der Waals surface area (Å²) in [6.07, 6.45) is -0.0338. The van der Waals surface area contributed by atoms with Crippen LogP contribution in [0.2, 0.25) is 0 Å². The smallest absolute Gasteiger partial charge is 0.123 e. The molecule has 3 nitrogen and oxygen atoms in total. The van der Waals surface area contributed by atoms with Crippen LogP contribution in [0.1, 0.15) is 22.8 Å². The normalized spacial score (nSPS) is 18.8. The predicted molar refractivity (Wildman–Crippen MR) is 81.5 cm³/mol. The number of halogens is 1. The molecule has 0 bridgehead atoms. The standard InChI is InChI=1S/C18H17FN2O/c19-17-6-4-16(5-7-17)18-13-21(8-9-22-18)12-15-3-1-2-14(10-15)11-20/h1-7,10,18H,8-9,12-13H2. The van der Waals surface area contributed by atoms with E-state index in [0.29, 0.717) is 12.2 Å². The van der Waals surface area contributed by atoms with Gasteiger partial charge in [-0.15, -0.1) is 0 Å². The highest BCUT2D eigenvalue weighted by molar-refractivity contribution is 5.32. The van der Waals surface area contributed by atoms with Gasteiger partial charge < -0.3 is 4.74 Å². The zero-order valence-electron chi connectivity index (χ0n) is 12.2. The molecular formula is C18H17FN2O. The van der Waals surface area contributed by atoms with Crippen LogP contribution in [0.5, 0.6) is 0 Å². The first-order valence-electron chi connectivity index (χ1n) is 7.33. The molecule has 22 heavy (non-hydrogen) atoms. The van der Waals surface area contributed by atoms with Crippen LogP contribution in [0.25, 0.3) is 0 Å². The van der Waals surface area contributed by atoms with E-state index >= 15 is 0 Å². The van der Waals surface area contributed by atoms with Crippen molar-refractivity contribution >= 4 is 0 Å². The number of ether oxygens (including phenoxy) is 1. The van der Waals surface area contributed by atoms with Gasteiger partial charge in [0.05, 0.1) is 24.3 Å². The summed E-state index contributed by atoms with van der Waals surface area (Å²) in [5.41, 5.74) is 2.80. The Hall–Kier alpha value is -2.22. The summed E-state index contributed by atoms with van der Waals surface area (Å²) in [6.45, 7) is 3.06. The number of nitrogens with zero attached hydrogens (tertiary/aromatic N) is 2. The quantitative estimate of drug-likeness (QED) is 0.872. The Morgan fingerprint density at radius 1 is 1.23 bits per heavy atom. The number of rotatable bonds is 3. The van der Waals surface area contributed by atoms with Gasteiger partial charge >= 0.3 is 0 Å². The molecule has 0 aliphatic carbocycles. The van der Waals surface area contributed by atoms with Crippen LogP contribution < -0.4 is 0 Å². The summed E-state index contributed by atoms with van der Waals surface area (Å²) in [5.74, 6) is -0.232. The maximum Gasteiger partial charge on any atom is 0.123 e. The van der Waals surface area contributed by atoms with E-state index in [1.807, 2.05) is 24.3 Å². The average Bonchev–Trinajstić information content (AvgIpc) is 2.56. The third-order valence-corrected chi connectivity index (χ3v) is 3.85. The van der Waals surface area contributed by atoms with E-state index in [4.69, 9.17) is 10.00 Å². The molecule has 1 unspecified atom stereocenters. The van der Waals surface area contributed by atoms with Gasteiger partial charge in [0.1, 0.15) is 5.82 Å². The molecular weight excluding hydrogens is 279 g/mol. The molecule has 0 saturated carbocycles. The fraction of sp³-hybridized carbons (Fsp3) is 0.278. The topological polar surface area (TPSA) is 36.3 Å². The van der Waals surface area contributed by atoms with E-state index in [0.717, 1.165) is 30.8 Å². The molecule has 2 aromatic rings.